The van der Waals surface area contributed by atoms with Gasteiger partial charge in [0.2, 0.25) is 0 Å². The molecule has 0 heterocycles. The van der Waals surface area contributed by atoms with Gasteiger partial charge in [-0.2, -0.15) is 0 Å². The van der Waals surface area contributed by atoms with E-state index in [1.807, 2.05) is 6.08 Å². The minimum Gasteiger partial charge on any atom is -0.353 e. The van der Waals surface area contributed by atoms with Crippen LogP contribution in [0.1, 0.15) is 31.2 Å². The lowest BCUT2D eigenvalue weighted by Gasteiger charge is -2.25. The minimum atomic E-state index is -0.388. The van der Waals surface area contributed by atoms with Crippen LogP contribution in [0.25, 0.3) is 0 Å². The lowest BCUT2D eigenvalue weighted by molar-refractivity contribution is -0.384. The molecule has 2 aliphatic carbocycles. The molecular weight excluding hydrogens is 304 g/mol. The molecule has 0 aliphatic heterocycles. The summed E-state index contributed by atoms with van der Waals surface area (Å²) in [7, 11) is 0. The van der Waals surface area contributed by atoms with E-state index in [1.54, 1.807) is 12.1 Å². The fraction of sp³-hybridized carbons (Fsp3) is 0.500. The molecular formula is C18H24N4O2. The van der Waals surface area contributed by atoms with Crippen LogP contribution >= 0.6 is 0 Å². The van der Waals surface area contributed by atoms with Gasteiger partial charge in [0, 0.05) is 24.7 Å². The van der Waals surface area contributed by atoms with Crippen molar-refractivity contribution in [3.8, 4) is 0 Å². The molecule has 2 aliphatic rings. The van der Waals surface area contributed by atoms with Gasteiger partial charge in [0.15, 0.2) is 5.96 Å². The zero-order valence-electron chi connectivity index (χ0n) is 13.8. The van der Waals surface area contributed by atoms with Gasteiger partial charge in [0.1, 0.15) is 0 Å². The fourth-order valence-electron chi connectivity index (χ4n) is 3.81. The number of fused-ring (bicyclic) bond motifs is 2. The molecule has 0 saturated heterocycles. The summed E-state index contributed by atoms with van der Waals surface area (Å²) in [6, 6.07) is 7.06. The zero-order chi connectivity index (χ0) is 16.9. The smallest absolute Gasteiger partial charge is 0.269 e. The van der Waals surface area contributed by atoms with E-state index in [4.69, 9.17) is 0 Å². The Morgan fingerprint density at radius 2 is 2.12 bits per heavy atom. The number of guanidine groups is 1. The average Bonchev–Trinajstić information content (AvgIpc) is 3.20. The SMILES string of the molecule is C=CCNC(=NCc1ccc([N+](=O)[O-])cc1)NC1CC2CCC1C2. The Morgan fingerprint density at radius 1 is 1.33 bits per heavy atom. The molecule has 0 amide bonds. The van der Waals surface area contributed by atoms with Gasteiger partial charge in [-0.15, -0.1) is 6.58 Å². The molecule has 6 heteroatoms. The topological polar surface area (TPSA) is 79.6 Å². The Bertz CT molecular complexity index is 626. The van der Waals surface area contributed by atoms with Crippen molar-refractivity contribution in [2.45, 2.75) is 38.3 Å². The predicted octanol–water partition coefficient (Wildman–Crippen LogP) is 3.00. The summed E-state index contributed by atoms with van der Waals surface area (Å²) >= 11 is 0. The van der Waals surface area contributed by atoms with Gasteiger partial charge in [-0.25, -0.2) is 4.99 Å². The van der Waals surface area contributed by atoms with Crippen LogP contribution in [0.2, 0.25) is 0 Å². The monoisotopic (exact) mass is 328 g/mol. The van der Waals surface area contributed by atoms with E-state index in [0.29, 0.717) is 19.1 Å². The van der Waals surface area contributed by atoms with Crippen LogP contribution in [-0.4, -0.2) is 23.5 Å². The third kappa shape index (κ3) is 3.93. The first-order valence-electron chi connectivity index (χ1n) is 8.55. The highest BCUT2D eigenvalue weighted by Gasteiger charge is 2.39. The van der Waals surface area contributed by atoms with Crippen LogP contribution in [0.5, 0.6) is 0 Å². The fourth-order valence-corrected chi connectivity index (χ4v) is 3.81. The number of non-ortho nitro benzene ring substituents is 1. The van der Waals surface area contributed by atoms with Gasteiger partial charge >= 0.3 is 0 Å². The predicted molar refractivity (Wildman–Crippen MR) is 94.8 cm³/mol. The average molecular weight is 328 g/mol. The summed E-state index contributed by atoms with van der Waals surface area (Å²) in [6.45, 7) is 4.89. The van der Waals surface area contributed by atoms with Gasteiger partial charge in [0.25, 0.3) is 5.69 Å². The molecule has 0 aromatic heterocycles. The molecule has 3 unspecified atom stereocenters. The lowest BCUT2D eigenvalue weighted by atomic mass is 9.95. The Balaban J connectivity index is 1.62. The number of nitro groups is 1. The van der Waals surface area contributed by atoms with Crippen molar-refractivity contribution in [2.75, 3.05) is 6.54 Å². The van der Waals surface area contributed by atoms with Crippen LogP contribution in [-0.2, 0) is 6.54 Å². The highest BCUT2D eigenvalue weighted by atomic mass is 16.6. The zero-order valence-corrected chi connectivity index (χ0v) is 13.8. The summed E-state index contributed by atoms with van der Waals surface area (Å²) in [5.74, 6) is 2.44. The second-order valence-electron chi connectivity index (χ2n) is 6.68. The van der Waals surface area contributed by atoms with E-state index >= 15 is 0 Å². The van der Waals surface area contributed by atoms with Gasteiger partial charge in [-0.1, -0.05) is 24.6 Å². The molecule has 1 aromatic carbocycles. The maximum atomic E-state index is 10.7. The number of nitrogens with zero attached hydrogens (tertiary/aromatic N) is 2. The van der Waals surface area contributed by atoms with E-state index in [-0.39, 0.29) is 10.6 Å². The number of rotatable bonds is 6. The standard InChI is InChI=1S/C18H24N4O2/c1-2-9-19-18(21-17-11-14-3-6-15(17)10-14)20-12-13-4-7-16(8-5-13)22(23)24/h2,4-5,7-8,14-15,17H,1,3,6,9-12H2,(H2,19,20,21). The number of hydrogen-bond acceptors (Lipinski definition) is 3. The molecule has 2 bridgehead atoms. The normalized spacial score (nSPS) is 25.5. The maximum absolute atomic E-state index is 10.7. The molecule has 6 nitrogen and oxygen atoms in total. The Kier molecular flexibility index (Phi) is 5.13. The maximum Gasteiger partial charge on any atom is 0.269 e. The van der Waals surface area contributed by atoms with Gasteiger partial charge in [-0.05, 0) is 36.7 Å². The largest absolute Gasteiger partial charge is 0.353 e. The highest BCUT2D eigenvalue weighted by Crippen LogP contribution is 2.44. The lowest BCUT2D eigenvalue weighted by Crippen LogP contribution is -2.45. The Morgan fingerprint density at radius 3 is 2.71 bits per heavy atom. The molecule has 3 rings (SSSR count). The summed E-state index contributed by atoms with van der Waals surface area (Å²) in [5.41, 5.74) is 1.06. The number of hydrogen-bond donors (Lipinski definition) is 2. The second kappa shape index (κ2) is 7.47. The number of benzene rings is 1. The van der Waals surface area contributed by atoms with Crippen LogP contribution < -0.4 is 10.6 Å². The molecule has 3 atom stereocenters. The number of nitrogens with one attached hydrogen (secondary N) is 2. The molecule has 2 N–H and O–H groups in total. The van der Waals surface area contributed by atoms with Gasteiger partial charge < -0.3 is 10.6 Å². The van der Waals surface area contributed by atoms with Crippen molar-refractivity contribution < 1.29 is 4.92 Å². The van der Waals surface area contributed by atoms with Crippen molar-refractivity contribution in [3.63, 3.8) is 0 Å². The Hall–Kier alpha value is -2.37. The molecule has 24 heavy (non-hydrogen) atoms. The van der Waals surface area contributed by atoms with Crippen LogP contribution in [0, 0.1) is 22.0 Å². The van der Waals surface area contributed by atoms with Crippen molar-refractivity contribution in [3.05, 3.63) is 52.6 Å². The number of nitro benzene ring substituents is 1. The number of aliphatic imine (C=N–C) groups is 1. The summed E-state index contributed by atoms with van der Waals surface area (Å²) in [4.78, 5) is 14.9. The quantitative estimate of drug-likeness (QED) is 0.277. The summed E-state index contributed by atoms with van der Waals surface area (Å²) < 4.78 is 0. The molecule has 2 fully saturated rings. The van der Waals surface area contributed by atoms with Gasteiger partial charge in [0.05, 0.1) is 11.5 Å². The minimum absolute atomic E-state index is 0.104. The van der Waals surface area contributed by atoms with E-state index < -0.39 is 0 Å². The van der Waals surface area contributed by atoms with Crippen LogP contribution in [0.4, 0.5) is 5.69 Å². The first kappa shape index (κ1) is 16.5. The van der Waals surface area contributed by atoms with E-state index in [9.17, 15) is 10.1 Å². The first-order valence-corrected chi connectivity index (χ1v) is 8.55. The summed E-state index contributed by atoms with van der Waals surface area (Å²) in [5, 5.41) is 17.5. The summed E-state index contributed by atoms with van der Waals surface area (Å²) in [6.07, 6.45) is 7.08. The third-order valence-corrected chi connectivity index (χ3v) is 5.04. The van der Waals surface area contributed by atoms with E-state index in [2.05, 4.69) is 22.2 Å². The van der Waals surface area contributed by atoms with Crippen LogP contribution in [0.15, 0.2) is 41.9 Å². The molecule has 1 aromatic rings. The first-order chi connectivity index (χ1) is 11.7. The molecule has 2 saturated carbocycles. The van der Waals surface area contributed by atoms with Gasteiger partial charge in [-0.3, -0.25) is 10.1 Å². The van der Waals surface area contributed by atoms with Crippen molar-refractivity contribution in [2.24, 2.45) is 16.8 Å². The van der Waals surface area contributed by atoms with E-state index in [1.165, 1.54) is 37.8 Å². The molecule has 0 radical (unpaired) electrons. The van der Waals surface area contributed by atoms with Crippen molar-refractivity contribution in [1.29, 1.82) is 0 Å². The molecule has 0 spiro atoms. The Labute approximate surface area is 142 Å². The third-order valence-electron chi connectivity index (χ3n) is 5.04. The van der Waals surface area contributed by atoms with Crippen molar-refractivity contribution >= 4 is 11.6 Å². The molecule has 128 valence electrons. The van der Waals surface area contributed by atoms with Crippen LogP contribution in [0.3, 0.4) is 0 Å². The second-order valence-corrected chi connectivity index (χ2v) is 6.68. The highest BCUT2D eigenvalue weighted by molar-refractivity contribution is 5.80. The van der Waals surface area contributed by atoms with E-state index in [0.717, 1.165) is 23.4 Å². The van der Waals surface area contributed by atoms with Crippen molar-refractivity contribution in [1.82, 2.24) is 10.6 Å².